The molecule has 6 heteroatoms. The van der Waals surface area contributed by atoms with Gasteiger partial charge in [0, 0.05) is 17.6 Å². The average molecular weight is 310 g/mol. The van der Waals surface area contributed by atoms with Gasteiger partial charge in [0.15, 0.2) is 0 Å². The van der Waals surface area contributed by atoms with Crippen LogP contribution in [0.3, 0.4) is 0 Å². The maximum atomic E-state index is 12.1. The number of rotatable bonds is 5. The van der Waals surface area contributed by atoms with Crippen LogP contribution in [0.2, 0.25) is 5.02 Å². The normalized spacial score (nSPS) is 12.6. The molecule has 0 aliphatic heterocycles. The minimum Gasteiger partial charge on any atom is -0.491 e. The molecule has 0 aliphatic carbocycles. The first-order valence-electron chi connectivity index (χ1n) is 6.30. The zero-order valence-electron chi connectivity index (χ0n) is 11.8. The van der Waals surface area contributed by atoms with Gasteiger partial charge in [0.1, 0.15) is 5.75 Å². The summed E-state index contributed by atoms with van der Waals surface area (Å²) in [5, 5.41) is 3.57. The van der Waals surface area contributed by atoms with Gasteiger partial charge >= 0.3 is 6.18 Å². The third kappa shape index (κ3) is 6.48. The minimum absolute atomic E-state index is 0.106. The van der Waals surface area contributed by atoms with Gasteiger partial charge in [0.25, 0.3) is 0 Å². The molecule has 0 aromatic heterocycles. The summed E-state index contributed by atoms with van der Waals surface area (Å²) in [4.78, 5) is 0. The largest absolute Gasteiger partial charge is 0.491 e. The predicted octanol–water partition coefficient (Wildman–Crippen LogP) is 4.56. The lowest BCUT2D eigenvalue weighted by atomic mass is 10.1. The van der Waals surface area contributed by atoms with Crippen molar-refractivity contribution in [1.29, 1.82) is 0 Å². The van der Waals surface area contributed by atoms with Gasteiger partial charge in [0.2, 0.25) is 0 Å². The van der Waals surface area contributed by atoms with Crippen LogP contribution in [0.5, 0.6) is 5.75 Å². The van der Waals surface area contributed by atoms with Crippen molar-refractivity contribution >= 4 is 11.6 Å². The Bertz CT molecular complexity index is 441. The van der Waals surface area contributed by atoms with E-state index in [0.717, 1.165) is 5.56 Å². The summed E-state index contributed by atoms with van der Waals surface area (Å²) >= 11 is 6.00. The summed E-state index contributed by atoms with van der Waals surface area (Å²) in [6.45, 7) is 6.05. The van der Waals surface area contributed by atoms with E-state index in [-0.39, 0.29) is 5.54 Å². The first-order valence-corrected chi connectivity index (χ1v) is 6.68. The van der Waals surface area contributed by atoms with Crippen molar-refractivity contribution in [3.8, 4) is 5.75 Å². The number of nitrogens with one attached hydrogen (secondary N) is 1. The standard InChI is InChI=1S/C14H19ClF3NO/c1-13(2,3)19-9-10-5-4-6-11(15)12(10)20-8-7-14(16,17)18/h4-6,19H,7-9H2,1-3H3. The van der Waals surface area contributed by atoms with E-state index in [1.54, 1.807) is 18.2 Å². The molecular weight excluding hydrogens is 291 g/mol. The summed E-state index contributed by atoms with van der Waals surface area (Å²) in [6, 6.07) is 5.14. The van der Waals surface area contributed by atoms with Crippen molar-refractivity contribution in [1.82, 2.24) is 5.32 Å². The van der Waals surface area contributed by atoms with Gasteiger partial charge < -0.3 is 10.1 Å². The molecule has 1 rings (SSSR count). The van der Waals surface area contributed by atoms with E-state index in [2.05, 4.69) is 5.32 Å². The van der Waals surface area contributed by atoms with Gasteiger partial charge in [-0.1, -0.05) is 23.7 Å². The Balaban J connectivity index is 2.73. The van der Waals surface area contributed by atoms with Crippen LogP contribution in [0.25, 0.3) is 0 Å². The van der Waals surface area contributed by atoms with Crippen LogP contribution in [-0.2, 0) is 6.54 Å². The number of halogens is 4. The van der Waals surface area contributed by atoms with E-state index in [4.69, 9.17) is 16.3 Å². The Labute approximate surface area is 122 Å². The summed E-state index contributed by atoms with van der Waals surface area (Å²) in [6.07, 6.45) is -5.23. The number of para-hydroxylation sites is 1. The van der Waals surface area contributed by atoms with Gasteiger partial charge in [-0.2, -0.15) is 13.2 Å². The molecule has 0 saturated heterocycles. The molecule has 0 heterocycles. The minimum atomic E-state index is -4.23. The molecule has 0 atom stereocenters. The maximum absolute atomic E-state index is 12.1. The zero-order valence-corrected chi connectivity index (χ0v) is 12.5. The molecule has 1 N–H and O–H groups in total. The summed E-state index contributed by atoms with van der Waals surface area (Å²) in [5.41, 5.74) is 0.639. The number of benzene rings is 1. The van der Waals surface area contributed by atoms with Crippen molar-refractivity contribution < 1.29 is 17.9 Å². The Morgan fingerprint density at radius 2 is 1.85 bits per heavy atom. The molecule has 0 saturated carbocycles. The second-order valence-corrected chi connectivity index (χ2v) is 5.95. The molecule has 0 aliphatic rings. The van der Waals surface area contributed by atoms with Crippen LogP contribution < -0.4 is 10.1 Å². The van der Waals surface area contributed by atoms with Crippen LogP contribution in [0, 0.1) is 0 Å². The Kier molecular flexibility index (Phi) is 5.71. The zero-order chi connectivity index (χ0) is 15.4. The number of hydrogen-bond donors (Lipinski definition) is 1. The van der Waals surface area contributed by atoms with Crippen molar-refractivity contribution in [2.75, 3.05) is 6.61 Å². The lowest BCUT2D eigenvalue weighted by molar-refractivity contribution is -0.139. The van der Waals surface area contributed by atoms with Gasteiger partial charge in [-0.3, -0.25) is 0 Å². The van der Waals surface area contributed by atoms with Crippen LogP contribution in [0.1, 0.15) is 32.8 Å². The number of alkyl halides is 3. The highest BCUT2D eigenvalue weighted by molar-refractivity contribution is 6.32. The molecule has 0 spiro atoms. The summed E-state index contributed by atoms with van der Waals surface area (Å²) < 4.78 is 41.6. The van der Waals surface area contributed by atoms with Gasteiger partial charge in [-0.15, -0.1) is 0 Å². The Hall–Kier alpha value is -0.940. The second-order valence-electron chi connectivity index (χ2n) is 5.55. The molecule has 0 bridgehead atoms. The van der Waals surface area contributed by atoms with E-state index in [9.17, 15) is 13.2 Å². The van der Waals surface area contributed by atoms with Crippen molar-refractivity contribution in [2.24, 2.45) is 0 Å². The quantitative estimate of drug-likeness (QED) is 0.861. The van der Waals surface area contributed by atoms with E-state index in [0.29, 0.717) is 17.3 Å². The maximum Gasteiger partial charge on any atom is 0.392 e. The fourth-order valence-electron chi connectivity index (χ4n) is 1.48. The first kappa shape index (κ1) is 17.1. The van der Waals surface area contributed by atoms with Crippen molar-refractivity contribution in [2.45, 2.75) is 45.5 Å². The molecule has 114 valence electrons. The van der Waals surface area contributed by atoms with E-state index in [1.807, 2.05) is 20.8 Å². The van der Waals surface area contributed by atoms with Gasteiger partial charge in [-0.05, 0) is 26.8 Å². The SMILES string of the molecule is CC(C)(C)NCc1cccc(Cl)c1OCCC(F)(F)F. The molecule has 0 amide bonds. The van der Waals surface area contributed by atoms with Crippen molar-refractivity contribution in [3.63, 3.8) is 0 Å². The molecule has 1 aromatic carbocycles. The van der Waals surface area contributed by atoms with Crippen LogP contribution >= 0.6 is 11.6 Å². The number of ether oxygens (including phenoxy) is 1. The molecule has 0 radical (unpaired) electrons. The third-order valence-electron chi connectivity index (χ3n) is 2.49. The molecule has 20 heavy (non-hydrogen) atoms. The Morgan fingerprint density at radius 1 is 1.20 bits per heavy atom. The van der Waals surface area contributed by atoms with Crippen LogP contribution in [-0.4, -0.2) is 18.3 Å². The lowest BCUT2D eigenvalue weighted by Crippen LogP contribution is -2.35. The van der Waals surface area contributed by atoms with E-state index in [1.165, 1.54) is 0 Å². The monoisotopic (exact) mass is 309 g/mol. The highest BCUT2D eigenvalue weighted by atomic mass is 35.5. The highest BCUT2D eigenvalue weighted by Gasteiger charge is 2.27. The fourth-order valence-corrected chi connectivity index (χ4v) is 1.73. The predicted molar refractivity (Wildman–Crippen MR) is 74.2 cm³/mol. The summed E-state index contributed by atoms with van der Waals surface area (Å²) in [5.74, 6) is 0.315. The molecular formula is C14H19ClF3NO. The first-order chi connectivity index (χ1) is 9.08. The van der Waals surface area contributed by atoms with Crippen LogP contribution in [0.4, 0.5) is 13.2 Å². The van der Waals surface area contributed by atoms with Crippen molar-refractivity contribution in [3.05, 3.63) is 28.8 Å². The average Bonchev–Trinajstić information content (AvgIpc) is 2.26. The smallest absolute Gasteiger partial charge is 0.392 e. The number of hydrogen-bond acceptors (Lipinski definition) is 2. The lowest BCUT2D eigenvalue weighted by Gasteiger charge is -2.22. The highest BCUT2D eigenvalue weighted by Crippen LogP contribution is 2.30. The topological polar surface area (TPSA) is 21.3 Å². The molecule has 0 fully saturated rings. The fraction of sp³-hybridized carbons (Fsp3) is 0.571. The van der Waals surface area contributed by atoms with Gasteiger partial charge in [-0.25, -0.2) is 0 Å². The summed E-state index contributed by atoms with van der Waals surface area (Å²) in [7, 11) is 0. The third-order valence-corrected chi connectivity index (χ3v) is 2.79. The molecule has 2 nitrogen and oxygen atoms in total. The second kappa shape index (κ2) is 6.68. The van der Waals surface area contributed by atoms with Gasteiger partial charge in [0.05, 0.1) is 18.1 Å². The van der Waals surface area contributed by atoms with Crippen LogP contribution in [0.15, 0.2) is 18.2 Å². The Morgan fingerprint density at radius 3 is 2.40 bits per heavy atom. The van der Waals surface area contributed by atoms with E-state index < -0.39 is 19.2 Å². The molecule has 1 aromatic rings. The van der Waals surface area contributed by atoms with E-state index >= 15 is 0 Å². The molecule has 0 unspecified atom stereocenters.